The number of anilines is 2. The molecule has 7 heteroatoms. The highest BCUT2D eigenvalue weighted by Crippen LogP contribution is 2.42. The van der Waals surface area contributed by atoms with E-state index in [0.717, 1.165) is 22.4 Å². The quantitative estimate of drug-likeness (QED) is 0.543. The molecule has 1 unspecified atom stereocenters. The van der Waals surface area contributed by atoms with E-state index in [0.29, 0.717) is 11.6 Å². The number of carbonyl (C=O) groups excluding carboxylic acids is 3. The van der Waals surface area contributed by atoms with Gasteiger partial charge in [0.1, 0.15) is 12.2 Å². The summed E-state index contributed by atoms with van der Waals surface area (Å²) >= 11 is 0. The molecule has 1 atom stereocenters. The Bertz CT molecular complexity index is 1150. The first-order chi connectivity index (χ1) is 15.5. The number of amides is 4. The van der Waals surface area contributed by atoms with E-state index in [4.69, 9.17) is 0 Å². The first-order valence-corrected chi connectivity index (χ1v) is 11.1. The van der Waals surface area contributed by atoms with Crippen LogP contribution in [0.25, 0.3) is 6.08 Å². The molecule has 2 aliphatic rings. The lowest BCUT2D eigenvalue weighted by Crippen LogP contribution is -2.45. The second-order valence-corrected chi connectivity index (χ2v) is 9.59. The predicted octanol–water partition coefficient (Wildman–Crippen LogP) is 4.25. The van der Waals surface area contributed by atoms with Gasteiger partial charge < -0.3 is 15.5 Å². The SMILES string of the molecule is Cc1ccc(NC(=O)CN2C(=O)N/C(=C/c3ccc4c(c3)C(C)CC(C)(C)N4C)C2=O)cc1. The second kappa shape index (κ2) is 8.39. The van der Waals surface area contributed by atoms with Gasteiger partial charge in [0, 0.05) is 24.0 Å². The lowest BCUT2D eigenvalue weighted by atomic mass is 9.80. The molecule has 1 saturated heterocycles. The number of urea groups is 1. The van der Waals surface area contributed by atoms with Crippen LogP contribution < -0.4 is 15.5 Å². The van der Waals surface area contributed by atoms with Gasteiger partial charge in [-0.15, -0.1) is 0 Å². The van der Waals surface area contributed by atoms with Crippen LogP contribution in [0.5, 0.6) is 0 Å². The molecule has 0 saturated carbocycles. The van der Waals surface area contributed by atoms with Crippen molar-refractivity contribution in [3.8, 4) is 0 Å². The monoisotopic (exact) mass is 446 g/mol. The zero-order valence-corrected chi connectivity index (χ0v) is 19.7. The van der Waals surface area contributed by atoms with Crippen molar-refractivity contribution in [3.05, 3.63) is 64.9 Å². The molecule has 2 heterocycles. The van der Waals surface area contributed by atoms with E-state index in [9.17, 15) is 14.4 Å². The Morgan fingerprint density at radius 3 is 2.58 bits per heavy atom. The first kappa shape index (κ1) is 22.6. The van der Waals surface area contributed by atoms with Crippen LogP contribution in [0.1, 0.15) is 49.8 Å². The van der Waals surface area contributed by atoms with Gasteiger partial charge in [-0.2, -0.15) is 0 Å². The van der Waals surface area contributed by atoms with Gasteiger partial charge in [-0.25, -0.2) is 9.69 Å². The van der Waals surface area contributed by atoms with Gasteiger partial charge in [0.2, 0.25) is 5.91 Å². The van der Waals surface area contributed by atoms with Crippen molar-refractivity contribution < 1.29 is 14.4 Å². The normalized spacial score (nSPS) is 20.6. The van der Waals surface area contributed by atoms with Crippen LogP contribution in [-0.2, 0) is 9.59 Å². The van der Waals surface area contributed by atoms with Gasteiger partial charge in [0.05, 0.1) is 0 Å². The summed E-state index contributed by atoms with van der Waals surface area (Å²) in [5.74, 6) is -0.569. The summed E-state index contributed by atoms with van der Waals surface area (Å²) in [4.78, 5) is 40.8. The number of hydrogen-bond acceptors (Lipinski definition) is 4. The average Bonchev–Trinajstić information content (AvgIpc) is 3.01. The lowest BCUT2D eigenvalue weighted by Gasteiger charge is -2.45. The van der Waals surface area contributed by atoms with E-state index in [-0.39, 0.29) is 17.8 Å². The summed E-state index contributed by atoms with van der Waals surface area (Å²) < 4.78 is 0. The maximum Gasteiger partial charge on any atom is 0.329 e. The fraction of sp³-hybridized carbons (Fsp3) is 0.346. The van der Waals surface area contributed by atoms with Gasteiger partial charge in [-0.05, 0) is 74.6 Å². The molecule has 0 aromatic heterocycles. The van der Waals surface area contributed by atoms with Crippen LogP contribution in [0.15, 0.2) is 48.2 Å². The summed E-state index contributed by atoms with van der Waals surface area (Å²) in [6, 6.07) is 12.8. The van der Waals surface area contributed by atoms with Crippen molar-refractivity contribution in [2.45, 2.75) is 45.6 Å². The minimum Gasteiger partial charge on any atom is -0.369 e. The average molecular weight is 447 g/mol. The molecule has 0 spiro atoms. The summed E-state index contributed by atoms with van der Waals surface area (Å²) in [7, 11) is 2.10. The molecule has 4 amide bonds. The summed E-state index contributed by atoms with van der Waals surface area (Å²) in [5, 5.41) is 5.31. The largest absolute Gasteiger partial charge is 0.369 e. The minimum atomic E-state index is -0.599. The Kier molecular flexibility index (Phi) is 5.74. The highest BCUT2D eigenvalue weighted by Gasteiger charge is 2.36. The Morgan fingerprint density at radius 1 is 1.18 bits per heavy atom. The topological polar surface area (TPSA) is 81.8 Å². The fourth-order valence-corrected chi connectivity index (χ4v) is 4.55. The Balaban J connectivity index is 1.49. The summed E-state index contributed by atoms with van der Waals surface area (Å²) in [6.45, 7) is 8.28. The number of fused-ring (bicyclic) bond motifs is 1. The molecule has 2 N–H and O–H groups in total. The second-order valence-electron chi connectivity index (χ2n) is 9.59. The van der Waals surface area contributed by atoms with Gasteiger partial charge in [0.25, 0.3) is 5.91 Å². The summed E-state index contributed by atoms with van der Waals surface area (Å²) in [5.41, 5.74) is 5.16. The number of aryl methyl sites for hydroxylation is 1. The number of carbonyl (C=O) groups is 3. The van der Waals surface area contributed by atoms with Crippen molar-refractivity contribution in [2.24, 2.45) is 0 Å². The number of nitrogens with zero attached hydrogens (tertiary/aromatic N) is 2. The molecule has 0 bridgehead atoms. The van der Waals surface area contributed by atoms with Crippen LogP contribution >= 0.6 is 0 Å². The Morgan fingerprint density at radius 2 is 1.88 bits per heavy atom. The van der Waals surface area contributed by atoms with Gasteiger partial charge in [0.15, 0.2) is 0 Å². The van der Waals surface area contributed by atoms with E-state index in [2.05, 4.69) is 55.5 Å². The molecule has 2 aromatic rings. The third-order valence-electron chi connectivity index (χ3n) is 6.57. The zero-order valence-electron chi connectivity index (χ0n) is 19.7. The number of hydrogen-bond donors (Lipinski definition) is 2. The van der Waals surface area contributed by atoms with Crippen molar-refractivity contribution in [1.82, 2.24) is 10.2 Å². The van der Waals surface area contributed by atoms with E-state index < -0.39 is 17.8 Å². The van der Waals surface area contributed by atoms with Crippen molar-refractivity contribution >= 4 is 35.3 Å². The van der Waals surface area contributed by atoms with Crippen LogP contribution in [0.4, 0.5) is 16.2 Å². The molecule has 0 radical (unpaired) electrons. The van der Waals surface area contributed by atoms with Crippen molar-refractivity contribution in [2.75, 3.05) is 23.8 Å². The molecular weight excluding hydrogens is 416 g/mol. The molecule has 2 aromatic carbocycles. The molecule has 172 valence electrons. The molecule has 33 heavy (non-hydrogen) atoms. The van der Waals surface area contributed by atoms with Crippen LogP contribution in [0, 0.1) is 6.92 Å². The van der Waals surface area contributed by atoms with Gasteiger partial charge in [-0.3, -0.25) is 9.59 Å². The standard InChI is InChI=1S/C26H30N4O3/c1-16-6-9-19(10-7-16)27-23(31)15-30-24(32)21(28-25(30)33)13-18-8-11-22-20(12-18)17(2)14-26(3,4)29(22)5/h6-13,17H,14-15H2,1-5H3,(H,27,31)(H,28,33)/b21-13+. The van der Waals surface area contributed by atoms with E-state index in [1.165, 1.54) is 11.3 Å². The Hall–Kier alpha value is -3.61. The molecule has 1 fully saturated rings. The smallest absolute Gasteiger partial charge is 0.329 e. The number of rotatable bonds is 4. The molecule has 0 aliphatic carbocycles. The molecule has 2 aliphatic heterocycles. The van der Waals surface area contributed by atoms with Crippen LogP contribution in [-0.4, -0.2) is 41.9 Å². The predicted molar refractivity (Wildman–Crippen MR) is 130 cm³/mol. The maximum atomic E-state index is 12.8. The molecular formula is C26H30N4O3. The molecule has 4 rings (SSSR count). The molecule has 7 nitrogen and oxygen atoms in total. The van der Waals surface area contributed by atoms with Gasteiger partial charge in [-0.1, -0.05) is 30.7 Å². The summed E-state index contributed by atoms with van der Waals surface area (Å²) in [6.07, 6.45) is 2.70. The maximum absolute atomic E-state index is 12.8. The van der Waals surface area contributed by atoms with E-state index in [1.54, 1.807) is 18.2 Å². The number of imide groups is 1. The van der Waals surface area contributed by atoms with E-state index in [1.807, 2.05) is 25.1 Å². The van der Waals surface area contributed by atoms with Crippen LogP contribution in [0.2, 0.25) is 0 Å². The zero-order chi connectivity index (χ0) is 23.9. The van der Waals surface area contributed by atoms with E-state index >= 15 is 0 Å². The van der Waals surface area contributed by atoms with Crippen molar-refractivity contribution in [1.29, 1.82) is 0 Å². The lowest BCUT2D eigenvalue weighted by molar-refractivity contribution is -0.127. The number of benzene rings is 2. The minimum absolute atomic E-state index is 0.0709. The number of nitrogens with one attached hydrogen (secondary N) is 2. The third kappa shape index (κ3) is 4.49. The van der Waals surface area contributed by atoms with Crippen molar-refractivity contribution in [3.63, 3.8) is 0 Å². The van der Waals surface area contributed by atoms with Gasteiger partial charge >= 0.3 is 6.03 Å². The third-order valence-corrected chi connectivity index (χ3v) is 6.57. The first-order valence-electron chi connectivity index (χ1n) is 11.1. The highest BCUT2D eigenvalue weighted by atomic mass is 16.2. The Labute approximate surface area is 194 Å². The highest BCUT2D eigenvalue weighted by molar-refractivity contribution is 6.16. The fourth-order valence-electron chi connectivity index (χ4n) is 4.55. The van der Waals surface area contributed by atoms with Crippen LogP contribution in [0.3, 0.4) is 0 Å².